The van der Waals surface area contributed by atoms with E-state index < -0.39 is 0 Å². The summed E-state index contributed by atoms with van der Waals surface area (Å²) in [7, 11) is 0. The molecule has 0 aliphatic rings. The molecular formula is C11H13NO2S. The molecule has 0 bridgehead atoms. The normalized spacial score (nSPS) is 9.20. The Bertz CT molecular complexity index is 387. The third kappa shape index (κ3) is 3.72. The van der Waals surface area contributed by atoms with Crippen molar-refractivity contribution < 1.29 is 9.53 Å². The van der Waals surface area contributed by atoms with E-state index in [9.17, 15) is 4.79 Å². The number of carbonyl (C=O) groups excluding carboxylic acids is 1. The van der Waals surface area contributed by atoms with Gasteiger partial charge in [0.1, 0.15) is 0 Å². The van der Waals surface area contributed by atoms with Crippen molar-refractivity contribution in [1.82, 2.24) is 4.37 Å². The van der Waals surface area contributed by atoms with E-state index in [1.807, 2.05) is 0 Å². The average molecular weight is 223 g/mol. The molecule has 0 saturated carbocycles. The molecule has 0 spiro atoms. The number of nitrogens with zero attached hydrogens (tertiary/aromatic N) is 1. The minimum atomic E-state index is -0.286. The molecule has 0 aliphatic heterocycles. The molecule has 15 heavy (non-hydrogen) atoms. The summed E-state index contributed by atoms with van der Waals surface area (Å²) in [6.07, 6.45) is 1.55. The van der Waals surface area contributed by atoms with E-state index in [1.54, 1.807) is 19.2 Å². The quantitative estimate of drug-likeness (QED) is 0.447. The Morgan fingerprint density at radius 2 is 2.47 bits per heavy atom. The molecule has 0 fully saturated rings. The number of unbranched alkanes of at least 4 members (excludes halogenated alkanes) is 1. The molecular weight excluding hydrogens is 210 g/mol. The number of aryl methyl sites for hydroxylation is 1. The van der Waals surface area contributed by atoms with Crippen LogP contribution in [-0.4, -0.2) is 16.9 Å². The van der Waals surface area contributed by atoms with Crippen LogP contribution in [0.4, 0.5) is 0 Å². The van der Waals surface area contributed by atoms with Crippen LogP contribution in [0.2, 0.25) is 0 Å². The number of ether oxygens (including phenoxy) is 1. The highest BCUT2D eigenvalue weighted by Gasteiger charge is 2.11. The van der Waals surface area contributed by atoms with Crippen molar-refractivity contribution in [2.45, 2.75) is 26.7 Å². The van der Waals surface area contributed by atoms with Gasteiger partial charge in [0.2, 0.25) is 0 Å². The van der Waals surface area contributed by atoms with Gasteiger partial charge in [-0.2, -0.15) is 4.37 Å². The van der Waals surface area contributed by atoms with Gasteiger partial charge < -0.3 is 4.74 Å². The van der Waals surface area contributed by atoms with Crippen LogP contribution in [0.15, 0.2) is 5.38 Å². The number of esters is 1. The Balaban J connectivity index is 2.30. The first-order valence-electron chi connectivity index (χ1n) is 4.73. The lowest BCUT2D eigenvalue weighted by Gasteiger charge is -2.01. The molecule has 0 amide bonds. The van der Waals surface area contributed by atoms with Gasteiger partial charge in [-0.15, -0.1) is 11.8 Å². The monoisotopic (exact) mass is 223 g/mol. The van der Waals surface area contributed by atoms with Crippen LogP contribution >= 0.6 is 11.5 Å². The van der Waals surface area contributed by atoms with Gasteiger partial charge in [-0.05, 0) is 31.8 Å². The minimum Gasteiger partial charge on any atom is -0.462 e. The predicted octanol–water partition coefficient (Wildman–Crippen LogP) is 2.41. The molecule has 1 heterocycles. The molecule has 80 valence electrons. The fraction of sp³-hybridized carbons (Fsp3) is 0.455. The van der Waals surface area contributed by atoms with Crippen molar-refractivity contribution in [1.29, 1.82) is 0 Å². The Morgan fingerprint density at radius 1 is 1.67 bits per heavy atom. The van der Waals surface area contributed by atoms with Crippen molar-refractivity contribution >= 4 is 17.5 Å². The second-order valence-corrected chi connectivity index (χ2v) is 3.61. The lowest BCUT2D eigenvalue weighted by Crippen LogP contribution is -2.06. The van der Waals surface area contributed by atoms with Crippen molar-refractivity contribution in [2.24, 2.45) is 0 Å². The largest absolute Gasteiger partial charge is 0.462 e. The van der Waals surface area contributed by atoms with Crippen LogP contribution in [0.5, 0.6) is 0 Å². The summed E-state index contributed by atoms with van der Waals surface area (Å²) in [6.45, 7) is 4.02. The van der Waals surface area contributed by atoms with Crippen LogP contribution < -0.4 is 0 Å². The Hall–Kier alpha value is -1.34. The standard InChI is InChI=1S/C11H13NO2S/c1-3-4-5-6-7-14-11(13)10-8-15-12-9(10)2/h8H,5-7H2,1-2H3. The topological polar surface area (TPSA) is 39.2 Å². The third-order valence-corrected chi connectivity index (χ3v) is 2.55. The van der Waals surface area contributed by atoms with Crippen LogP contribution in [0.1, 0.15) is 35.8 Å². The van der Waals surface area contributed by atoms with E-state index in [2.05, 4.69) is 16.2 Å². The van der Waals surface area contributed by atoms with E-state index >= 15 is 0 Å². The molecule has 0 unspecified atom stereocenters. The number of hydrogen-bond acceptors (Lipinski definition) is 4. The molecule has 1 rings (SSSR count). The Kier molecular flexibility index (Phi) is 4.85. The van der Waals surface area contributed by atoms with Gasteiger partial charge in [0.15, 0.2) is 0 Å². The lowest BCUT2D eigenvalue weighted by atomic mass is 10.3. The number of hydrogen-bond donors (Lipinski definition) is 0. The lowest BCUT2D eigenvalue weighted by molar-refractivity contribution is 0.0501. The molecule has 4 heteroatoms. The second kappa shape index (κ2) is 6.20. The highest BCUT2D eigenvalue weighted by Crippen LogP contribution is 2.10. The minimum absolute atomic E-state index is 0.286. The van der Waals surface area contributed by atoms with Gasteiger partial charge in [-0.3, -0.25) is 0 Å². The fourth-order valence-corrected chi connectivity index (χ4v) is 1.70. The molecule has 1 aromatic rings. The summed E-state index contributed by atoms with van der Waals surface area (Å²) in [6, 6.07) is 0. The first kappa shape index (κ1) is 11.7. The fourth-order valence-electron chi connectivity index (χ4n) is 1.02. The summed E-state index contributed by atoms with van der Waals surface area (Å²) < 4.78 is 9.09. The van der Waals surface area contributed by atoms with Crippen LogP contribution in [0.25, 0.3) is 0 Å². The highest BCUT2D eigenvalue weighted by molar-refractivity contribution is 7.03. The molecule has 0 aromatic carbocycles. The van der Waals surface area contributed by atoms with Gasteiger partial charge in [0.05, 0.1) is 17.9 Å². The zero-order valence-electron chi connectivity index (χ0n) is 8.87. The van der Waals surface area contributed by atoms with Crippen LogP contribution in [0.3, 0.4) is 0 Å². The van der Waals surface area contributed by atoms with Crippen molar-refractivity contribution in [3.8, 4) is 11.8 Å². The molecule has 0 N–H and O–H groups in total. The number of aromatic nitrogens is 1. The maximum atomic E-state index is 11.5. The van der Waals surface area contributed by atoms with E-state index in [1.165, 1.54) is 11.5 Å². The molecule has 0 atom stereocenters. The molecule has 0 saturated heterocycles. The summed E-state index contributed by atoms with van der Waals surface area (Å²) >= 11 is 1.27. The van der Waals surface area contributed by atoms with Gasteiger partial charge in [-0.25, -0.2) is 4.79 Å². The van der Waals surface area contributed by atoms with E-state index in [4.69, 9.17) is 4.74 Å². The van der Waals surface area contributed by atoms with Crippen LogP contribution in [0, 0.1) is 18.8 Å². The summed E-state index contributed by atoms with van der Waals surface area (Å²) in [4.78, 5) is 11.5. The first-order valence-corrected chi connectivity index (χ1v) is 5.57. The summed E-state index contributed by atoms with van der Waals surface area (Å²) in [5.74, 6) is 5.42. The molecule has 0 aliphatic carbocycles. The van der Waals surface area contributed by atoms with Crippen molar-refractivity contribution in [2.75, 3.05) is 6.61 Å². The first-order chi connectivity index (χ1) is 7.25. The maximum absolute atomic E-state index is 11.5. The summed E-state index contributed by atoms with van der Waals surface area (Å²) in [5.41, 5.74) is 1.31. The summed E-state index contributed by atoms with van der Waals surface area (Å²) in [5, 5.41) is 1.71. The van der Waals surface area contributed by atoms with Gasteiger partial charge in [-0.1, -0.05) is 0 Å². The zero-order valence-corrected chi connectivity index (χ0v) is 9.69. The maximum Gasteiger partial charge on any atom is 0.340 e. The van der Waals surface area contributed by atoms with Crippen molar-refractivity contribution in [3.63, 3.8) is 0 Å². The number of carbonyl (C=O) groups is 1. The van der Waals surface area contributed by atoms with Crippen molar-refractivity contribution in [3.05, 3.63) is 16.6 Å². The van der Waals surface area contributed by atoms with Gasteiger partial charge in [0.25, 0.3) is 0 Å². The Labute approximate surface area is 93.6 Å². The highest BCUT2D eigenvalue weighted by atomic mass is 32.1. The average Bonchev–Trinajstić information content (AvgIpc) is 2.64. The van der Waals surface area contributed by atoms with E-state index in [0.717, 1.165) is 18.5 Å². The molecule has 3 nitrogen and oxygen atoms in total. The molecule has 1 aromatic heterocycles. The van der Waals surface area contributed by atoms with Crippen LogP contribution in [-0.2, 0) is 4.74 Å². The zero-order chi connectivity index (χ0) is 11.1. The number of rotatable bonds is 4. The van der Waals surface area contributed by atoms with Gasteiger partial charge in [0, 0.05) is 11.8 Å². The SMILES string of the molecule is CC#CCCCOC(=O)c1csnc1C. The van der Waals surface area contributed by atoms with Gasteiger partial charge >= 0.3 is 5.97 Å². The molecule has 0 radical (unpaired) electrons. The van der Waals surface area contributed by atoms with E-state index in [-0.39, 0.29) is 5.97 Å². The third-order valence-electron chi connectivity index (χ3n) is 1.83. The second-order valence-electron chi connectivity index (χ2n) is 2.98. The predicted molar refractivity (Wildman–Crippen MR) is 59.8 cm³/mol. The van der Waals surface area contributed by atoms with E-state index in [0.29, 0.717) is 12.2 Å². The Morgan fingerprint density at radius 3 is 3.07 bits per heavy atom. The smallest absolute Gasteiger partial charge is 0.340 e.